The maximum absolute atomic E-state index is 12.7. The van der Waals surface area contributed by atoms with Crippen molar-refractivity contribution in [1.82, 2.24) is 0 Å². The third-order valence-corrected chi connectivity index (χ3v) is 5.75. The highest BCUT2D eigenvalue weighted by molar-refractivity contribution is 6.02. The molecule has 0 saturated heterocycles. The summed E-state index contributed by atoms with van der Waals surface area (Å²) in [5.74, 6) is -3.51. The van der Waals surface area contributed by atoms with Crippen molar-refractivity contribution >= 4 is 23.8 Å². The van der Waals surface area contributed by atoms with E-state index in [0.717, 1.165) is 11.1 Å². The first-order chi connectivity index (χ1) is 19.9. The van der Waals surface area contributed by atoms with E-state index in [2.05, 4.69) is 0 Å². The molecule has 0 saturated carbocycles. The van der Waals surface area contributed by atoms with Crippen molar-refractivity contribution in [2.24, 2.45) is 0 Å². The van der Waals surface area contributed by atoms with Crippen LogP contribution in [-0.4, -0.2) is 35.0 Å². The van der Waals surface area contributed by atoms with Gasteiger partial charge in [-0.15, -0.1) is 0 Å². The minimum Gasteiger partial charge on any atom is -0.488 e. The molecule has 4 rings (SSSR count). The Bertz CT molecular complexity index is 1500. The Morgan fingerprint density at radius 2 is 1.02 bits per heavy atom. The summed E-state index contributed by atoms with van der Waals surface area (Å²) in [4.78, 5) is 37.7. The lowest BCUT2D eigenvalue weighted by atomic mass is 10.2. The van der Waals surface area contributed by atoms with Gasteiger partial charge in [0.1, 0.15) is 35.8 Å². The SMILES string of the molecule is N=C(CC(O)C(=O)OC(=O)c1ccccc1OCc1ccccc1)OC(=O)c1ccccc1OCc1ccccc1. The Labute approximate surface area is 236 Å². The molecular formula is C32H27NO8. The highest BCUT2D eigenvalue weighted by Crippen LogP contribution is 2.22. The van der Waals surface area contributed by atoms with Crippen molar-refractivity contribution in [2.75, 3.05) is 0 Å². The van der Waals surface area contributed by atoms with Crippen LogP contribution >= 0.6 is 0 Å². The zero-order valence-electron chi connectivity index (χ0n) is 21.9. The van der Waals surface area contributed by atoms with E-state index in [1.165, 1.54) is 12.1 Å². The van der Waals surface area contributed by atoms with Crippen LogP contribution in [0.4, 0.5) is 0 Å². The first kappa shape index (κ1) is 28.7. The van der Waals surface area contributed by atoms with E-state index in [1.54, 1.807) is 36.4 Å². The van der Waals surface area contributed by atoms with Gasteiger partial charge in [0.15, 0.2) is 12.0 Å². The Hall–Kier alpha value is -5.28. The Balaban J connectivity index is 1.30. The normalized spacial score (nSPS) is 11.1. The van der Waals surface area contributed by atoms with Crippen LogP contribution in [0.5, 0.6) is 11.5 Å². The van der Waals surface area contributed by atoms with Gasteiger partial charge in [-0.2, -0.15) is 0 Å². The second-order valence-electron chi connectivity index (χ2n) is 8.78. The van der Waals surface area contributed by atoms with Crippen LogP contribution in [0.25, 0.3) is 0 Å². The molecule has 0 spiro atoms. The number of aliphatic hydroxyl groups is 1. The lowest BCUT2D eigenvalue weighted by Gasteiger charge is -2.14. The molecule has 208 valence electrons. The first-order valence-electron chi connectivity index (χ1n) is 12.7. The minimum absolute atomic E-state index is 0.0161. The van der Waals surface area contributed by atoms with Gasteiger partial charge in [-0.05, 0) is 35.4 Å². The number of carbonyl (C=O) groups is 3. The number of benzene rings is 4. The van der Waals surface area contributed by atoms with Crippen molar-refractivity contribution < 1.29 is 38.4 Å². The molecule has 41 heavy (non-hydrogen) atoms. The molecule has 1 unspecified atom stereocenters. The van der Waals surface area contributed by atoms with Gasteiger partial charge in [-0.25, -0.2) is 14.4 Å². The third-order valence-electron chi connectivity index (χ3n) is 5.75. The van der Waals surface area contributed by atoms with Crippen LogP contribution in [-0.2, 0) is 27.5 Å². The summed E-state index contributed by atoms with van der Waals surface area (Å²) in [5.41, 5.74) is 1.82. The molecule has 1 atom stereocenters. The molecule has 9 heteroatoms. The zero-order chi connectivity index (χ0) is 29.0. The molecular weight excluding hydrogens is 526 g/mol. The predicted molar refractivity (Wildman–Crippen MR) is 149 cm³/mol. The van der Waals surface area contributed by atoms with Crippen LogP contribution in [0, 0.1) is 5.41 Å². The third kappa shape index (κ3) is 8.35. The highest BCUT2D eigenvalue weighted by atomic mass is 16.6. The van der Waals surface area contributed by atoms with Gasteiger partial charge in [0.2, 0.25) is 0 Å². The van der Waals surface area contributed by atoms with Gasteiger partial charge in [0.25, 0.3) is 0 Å². The second-order valence-corrected chi connectivity index (χ2v) is 8.78. The van der Waals surface area contributed by atoms with Crippen LogP contribution in [0.15, 0.2) is 109 Å². The van der Waals surface area contributed by atoms with Crippen molar-refractivity contribution in [3.63, 3.8) is 0 Å². The van der Waals surface area contributed by atoms with E-state index in [9.17, 15) is 19.5 Å². The number of para-hydroxylation sites is 2. The average Bonchev–Trinajstić information content (AvgIpc) is 3.00. The number of rotatable bonds is 11. The topological polar surface area (TPSA) is 132 Å². The average molecular weight is 554 g/mol. The fourth-order valence-electron chi connectivity index (χ4n) is 3.67. The maximum Gasteiger partial charge on any atom is 0.349 e. The molecule has 0 fully saturated rings. The fraction of sp³-hybridized carbons (Fsp3) is 0.125. The molecule has 0 aromatic heterocycles. The summed E-state index contributed by atoms with van der Waals surface area (Å²) in [6, 6.07) is 31.2. The van der Waals surface area contributed by atoms with E-state index < -0.39 is 36.3 Å². The van der Waals surface area contributed by atoms with E-state index in [4.69, 9.17) is 24.4 Å². The largest absolute Gasteiger partial charge is 0.488 e. The monoisotopic (exact) mass is 553 g/mol. The van der Waals surface area contributed by atoms with E-state index in [1.807, 2.05) is 60.7 Å². The van der Waals surface area contributed by atoms with E-state index in [0.29, 0.717) is 0 Å². The number of carbonyl (C=O) groups excluding carboxylic acids is 3. The standard InChI is InChI=1S/C32H27NO8/c33-29(40-30(35)24-15-7-9-17-27(24)38-20-22-11-3-1-4-12-22)19-26(34)32(37)41-31(36)25-16-8-10-18-28(25)39-21-23-13-5-2-6-14-23/h1-18,26,33-34H,19-21H2. The molecule has 0 radical (unpaired) electrons. The van der Waals surface area contributed by atoms with Gasteiger partial charge in [0.05, 0.1) is 6.42 Å². The summed E-state index contributed by atoms with van der Waals surface area (Å²) in [5, 5.41) is 18.2. The van der Waals surface area contributed by atoms with Crippen LogP contribution < -0.4 is 9.47 Å². The van der Waals surface area contributed by atoms with Crippen LogP contribution in [0.2, 0.25) is 0 Å². The van der Waals surface area contributed by atoms with Gasteiger partial charge < -0.3 is 24.1 Å². The molecule has 0 aliphatic heterocycles. The fourth-order valence-corrected chi connectivity index (χ4v) is 3.67. The van der Waals surface area contributed by atoms with Crippen molar-refractivity contribution in [1.29, 1.82) is 5.41 Å². The van der Waals surface area contributed by atoms with E-state index >= 15 is 0 Å². The molecule has 2 N–H and O–H groups in total. The highest BCUT2D eigenvalue weighted by Gasteiger charge is 2.26. The number of esters is 3. The van der Waals surface area contributed by atoms with Crippen molar-refractivity contribution in [3.8, 4) is 11.5 Å². The summed E-state index contributed by atoms with van der Waals surface area (Å²) in [6.07, 6.45) is -2.63. The molecule has 0 amide bonds. The van der Waals surface area contributed by atoms with E-state index in [-0.39, 0.29) is 35.8 Å². The number of hydrogen-bond acceptors (Lipinski definition) is 9. The summed E-state index contributed by atoms with van der Waals surface area (Å²) >= 11 is 0. The zero-order valence-corrected chi connectivity index (χ0v) is 21.9. The molecule has 4 aromatic rings. The summed E-state index contributed by atoms with van der Waals surface area (Å²) in [7, 11) is 0. The smallest absolute Gasteiger partial charge is 0.349 e. The molecule has 0 aliphatic carbocycles. The number of ether oxygens (including phenoxy) is 4. The molecule has 4 aromatic carbocycles. The Kier molecular flexibility index (Phi) is 9.95. The first-order valence-corrected chi connectivity index (χ1v) is 12.7. The minimum atomic E-state index is -1.93. The molecule has 9 nitrogen and oxygen atoms in total. The molecule has 0 aliphatic rings. The van der Waals surface area contributed by atoms with Crippen molar-refractivity contribution in [2.45, 2.75) is 25.7 Å². The molecule has 0 heterocycles. The van der Waals surface area contributed by atoms with Crippen LogP contribution in [0.3, 0.4) is 0 Å². The predicted octanol–water partition coefficient (Wildman–Crippen LogP) is 5.11. The number of nitrogens with one attached hydrogen (secondary N) is 1. The van der Waals surface area contributed by atoms with Crippen LogP contribution in [0.1, 0.15) is 38.3 Å². The second kappa shape index (κ2) is 14.2. The Morgan fingerprint density at radius 3 is 1.51 bits per heavy atom. The lowest BCUT2D eigenvalue weighted by Crippen LogP contribution is -2.29. The quantitative estimate of drug-likeness (QED) is 0.113. The molecule has 0 bridgehead atoms. The van der Waals surface area contributed by atoms with Gasteiger partial charge in [-0.1, -0.05) is 84.9 Å². The van der Waals surface area contributed by atoms with Crippen molar-refractivity contribution in [3.05, 3.63) is 131 Å². The lowest BCUT2D eigenvalue weighted by molar-refractivity contribution is -0.147. The number of aliphatic hydroxyl groups excluding tert-OH is 1. The van der Waals surface area contributed by atoms with Gasteiger partial charge in [-0.3, -0.25) is 5.41 Å². The summed E-state index contributed by atoms with van der Waals surface area (Å²) < 4.78 is 21.3. The number of hydrogen-bond donors (Lipinski definition) is 2. The maximum atomic E-state index is 12.7. The van der Waals surface area contributed by atoms with Gasteiger partial charge >= 0.3 is 17.9 Å². The summed E-state index contributed by atoms with van der Waals surface area (Å²) in [6.45, 7) is 0.395. The van der Waals surface area contributed by atoms with Gasteiger partial charge in [0, 0.05) is 0 Å². The Morgan fingerprint density at radius 1 is 0.610 bits per heavy atom.